The fraction of sp³-hybridized carbons (Fsp3) is 0.353. The van der Waals surface area contributed by atoms with Crippen molar-refractivity contribution >= 4 is 38.6 Å². The van der Waals surface area contributed by atoms with Gasteiger partial charge in [0, 0.05) is 32.2 Å². The van der Waals surface area contributed by atoms with Crippen LogP contribution in [0.4, 0.5) is 11.4 Å². The number of nitrogens with one attached hydrogen (secondary N) is 2. The summed E-state index contributed by atoms with van der Waals surface area (Å²) in [5.41, 5.74) is 0.307. The summed E-state index contributed by atoms with van der Waals surface area (Å²) in [5, 5.41) is 18.2. The summed E-state index contributed by atoms with van der Waals surface area (Å²) >= 11 is 1.08. The van der Waals surface area contributed by atoms with E-state index in [2.05, 4.69) is 10.6 Å². The second kappa shape index (κ2) is 8.67. The van der Waals surface area contributed by atoms with Crippen molar-refractivity contribution in [1.82, 2.24) is 9.62 Å². The number of nitro benzene ring substituents is 1. The summed E-state index contributed by atoms with van der Waals surface area (Å²) in [4.78, 5) is 23.1. The minimum atomic E-state index is -3.67. The first-order valence-corrected chi connectivity index (χ1v) is 11.1. The average Bonchev–Trinajstić information content (AvgIpc) is 3.37. The maximum absolute atomic E-state index is 12.7. The van der Waals surface area contributed by atoms with Gasteiger partial charge in [0.25, 0.3) is 11.6 Å². The number of amides is 1. The molecule has 9 nitrogen and oxygen atoms in total. The predicted molar refractivity (Wildman–Crippen MR) is 106 cm³/mol. The summed E-state index contributed by atoms with van der Waals surface area (Å²) in [7, 11) is -3.67. The molecule has 0 saturated carbocycles. The Hall–Kier alpha value is -2.50. The molecule has 0 radical (unpaired) electrons. The van der Waals surface area contributed by atoms with Gasteiger partial charge in [-0.3, -0.25) is 14.9 Å². The maximum Gasteiger partial charge on any atom is 0.292 e. The number of carbonyl (C=O) groups excluding carboxylic acids is 1. The van der Waals surface area contributed by atoms with Crippen molar-refractivity contribution in [2.75, 3.05) is 31.5 Å². The number of thiophene rings is 1. The van der Waals surface area contributed by atoms with Gasteiger partial charge in [0.05, 0.1) is 4.92 Å². The third-order valence-corrected chi connectivity index (χ3v) is 7.33. The van der Waals surface area contributed by atoms with Crippen LogP contribution in [0.15, 0.2) is 40.6 Å². The predicted octanol–water partition coefficient (Wildman–Crippen LogP) is 2.28. The van der Waals surface area contributed by atoms with E-state index in [4.69, 9.17) is 0 Å². The van der Waals surface area contributed by atoms with Gasteiger partial charge in [0.1, 0.15) is 15.5 Å². The van der Waals surface area contributed by atoms with E-state index in [1.807, 2.05) is 0 Å². The van der Waals surface area contributed by atoms with E-state index in [1.165, 1.54) is 16.4 Å². The standard InChI is InChI=1S/C17H20N4O5S2/c22-17(19-9-8-18-13-5-1-2-6-14(13)21(23)24)16-15(7-12-27-16)28(25,26)20-10-3-4-11-20/h1-2,5-7,12,18H,3-4,8-11H2,(H,19,22). The molecule has 1 aliphatic heterocycles. The lowest BCUT2D eigenvalue weighted by atomic mass is 10.2. The van der Waals surface area contributed by atoms with Gasteiger partial charge in [-0.2, -0.15) is 4.31 Å². The van der Waals surface area contributed by atoms with Crippen LogP contribution in [0, 0.1) is 10.1 Å². The van der Waals surface area contributed by atoms with Crippen molar-refractivity contribution in [3.8, 4) is 0 Å². The summed E-state index contributed by atoms with van der Waals surface area (Å²) in [5.74, 6) is -0.475. The van der Waals surface area contributed by atoms with Gasteiger partial charge in [-0.1, -0.05) is 12.1 Å². The van der Waals surface area contributed by atoms with E-state index < -0.39 is 20.9 Å². The van der Waals surface area contributed by atoms with Gasteiger partial charge in [-0.05, 0) is 30.4 Å². The highest BCUT2D eigenvalue weighted by molar-refractivity contribution is 7.89. The Balaban J connectivity index is 1.60. The smallest absolute Gasteiger partial charge is 0.292 e. The Morgan fingerprint density at radius 3 is 2.61 bits per heavy atom. The van der Waals surface area contributed by atoms with E-state index in [1.54, 1.807) is 23.6 Å². The van der Waals surface area contributed by atoms with Crippen molar-refractivity contribution in [3.63, 3.8) is 0 Å². The molecule has 1 aromatic carbocycles. The molecule has 0 unspecified atom stereocenters. The molecule has 1 amide bonds. The number of hydrogen-bond donors (Lipinski definition) is 2. The lowest BCUT2D eigenvalue weighted by molar-refractivity contribution is -0.384. The van der Waals surface area contributed by atoms with Crippen LogP contribution in [0.1, 0.15) is 22.5 Å². The topological polar surface area (TPSA) is 122 Å². The minimum absolute atomic E-state index is 0.0311. The third-order valence-electron chi connectivity index (χ3n) is 4.34. The molecule has 11 heteroatoms. The Labute approximate surface area is 166 Å². The molecule has 0 aliphatic carbocycles. The third kappa shape index (κ3) is 4.32. The molecular weight excluding hydrogens is 404 g/mol. The zero-order chi connectivity index (χ0) is 20.1. The summed E-state index contributed by atoms with van der Waals surface area (Å²) < 4.78 is 26.8. The van der Waals surface area contributed by atoms with Crippen LogP contribution >= 0.6 is 11.3 Å². The number of sulfonamides is 1. The fourth-order valence-electron chi connectivity index (χ4n) is 2.97. The number of nitro groups is 1. The molecule has 2 heterocycles. The molecule has 3 rings (SSSR count). The number of nitrogens with zero attached hydrogens (tertiary/aromatic N) is 2. The molecule has 28 heavy (non-hydrogen) atoms. The first-order chi connectivity index (χ1) is 13.4. The van der Waals surface area contributed by atoms with Crippen LogP contribution in [-0.4, -0.2) is 49.7 Å². The molecule has 1 fully saturated rings. The van der Waals surface area contributed by atoms with Crippen LogP contribution < -0.4 is 10.6 Å². The number of para-hydroxylation sites is 2. The average molecular weight is 425 g/mol. The number of anilines is 1. The highest BCUT2D eigenvalue weighted by Crippen LogP contribution is 2.27. The monoisotopic (exact) mass is 424 g/mol. The minimum Gasteiger partial charge on any atom is -0.378 e. The van der Waals surface area contributed by atoms with Crippen molar-refractivity contribution in [2.45, 2.75) is 17.7 Å². The Kier molecular flexibility index (Phi) is 6.27. The van der Waals surface area contributed by atoms with Crippen LogP contribution in [0.2, 0.25) is 0 Å². The summed E-state index contributed by atoms with van der Waals surface area (Å²) in [6, 6.07) is 7.68. The van der Waals surface area contributed by atoms with E-state index in [9.17, 15) is 23.3 Å². The zero-order valence-corrected chi connectivity index (χ0v) is 16.6. The van der Waals surface area contributed by atoms with Gasteiger partial charge < -0.3 is 10.6 Å². The molecular formula is C17H20N4O5S2. The summed E-state index contributed by atoms with van der Waals surface area (Å²) in [6.07, 6.45) is 1.64. The highest BCUT2D eigenvalue weighted by atomic mass is 32.2. The summed E-state index contributed by atoms with van der Waals surface area (Å²) in [6.45, 7) is 1.39. The molecule has 0 bridgehead atoms. The van der Waals surface area contributed by atoms with Crippen LogP contribution in [0.3, 0.4) is 0 Å². The van der Waals surface area contributed by atoms with E-state index >= 15 is 0 Å². The number of carbonyl (C=O) groups is 1. The SMILES string of the molecule is O=C(NCCNc1ccccc1[N+](=O)[O-])c1sccc1S(=O)(=O)N1CCCC1. The number of benzene rings is 1. The quantitative estimate of drug-likeness (QED) is 0.381. The van der Waals surface area contributed by atoms with E-state index in [0.29, 0.717) is 18.8 Å². The molecule has 2 aromatic rings. The molecule has 150 valence electrons. The van der Waals surface area contributed by atoms with E-state index in [0.717, 1.165) is 24.2 Å². The fourth-order valence-corrected chi connectivity index (χ4v) is 5.80. The van der Waals surface area contributed by atoms with Gasteiger partial charge in [0.2, 0.25) is 10.0 Å². The van der Waals surface area contributed by atoms with Crippen molar-refractivity contribution in [3.05, 3.63) is 50.7 Å². The van der Waals surface area contributed by atoms with Crippen molar-refractivity contribution < 1.29 is 18.1 Å². The van der Waals surface area contributed by atoms with Crippen LogP contribution in [0.5, 0.6) is 0 Å². The second-order valence-corrected chi connectivity index (χ2v) is 9.00. The zero-order valence-electron chi connectivity index (χ0n) is 15.0. The van der Waals surface area contributed by atoms with Gasteiger partial charge in [-0.25, -0.2) is 8.42 Å². The van der Waals surface area contributed by atoms with Crippen molar-refractivity contribution in [1.29, 1.82) is 0 Å². The number of hydrogen-bond acceptors (Lipinski definition) is 7. The molecule has 1 aliphatic rings. The van der Waals surface area contributed by atoms with Gasteiger partial charge >= 0.3 is 0 Å². The highest BCUT2D eigenvalue weighted by Gasteiger charge is 2.31. The van der Waals surface area contributed by atoms with Gasteiger partial charge in [0.15, 0.2) is 0 Å². The largest absolute Gasteiger partial charge is 0.378 e. The van der Waals surface area contributed by atoms with Crippen molar-refractivity contribution in [2.24, 2.45) is 0 Å². The van der Waals surface area contributed by atoms with E-state index in [-0.39, 0.29) is 28.5 Å². The van der Waals surface area contributed by atoms with Crippen LogP contribution in [-0.2, 0) is 10.0 Å². The maximum atomic E-state index is 12.7. The number of rotatable bonds is 8. The first kappa shape index (κ1) is 20.2. The lowest BCUT2D eigenvalue weighted by Crippen LogP contribution is -2.32. The Morgan fingerprint density at radius 2 is 1.89 bits per heavy atom. The lowest BCUT2D eigenvalue weighted by Gasteiger charge is -2.15. The Morgan fingerprint density at radius 1 is 1.18 bits per heavy atom. The molecule has 1 aromatic heterocycles. The van der Waals surface area contributed by atoms with Gasteiger partial charge in [-0.15, -0.1) is 11.3 Å². The van der Waals surface area contributed by atoms with Crippen LogP contribution in [0.25, 0.3) is 0 Å². The molecule has 0 spiro atoms. The normalized spacial score (nSPS) is 14.7. The Bertz CT molecular complexity index is 967. The second-order valence-electron chi connectivity index (χ2n) is 6.18. The molecule has 2 N–H and O–H groups in total. The molecule has 1 saturated heterocycles. The molecule has 0 atom stereocenters. The first-order valence-electron chi connectivity index (χ1n) is 8.74.